The molecule has 0 fully saturated rings. The summed E-state index contributed by atoms with van der Waals surface area (Å²) in [5.41, 5.74) is 6.39. The van der Waals surface area contributed by atoms with Gasteiger partial charge in [0.05, 0.1) is 0 Å². The summed E-state index contributed by atoms with van der Waals surface area (Å²) in [6.45, 7) is 5.62. The number of hydrogen-bond donors (Lipinski definition) is 3. The van der Waals surface area contributed by atoms with E-state index in [9.17, 15) is 0 Å². The highest BCUT2D eigenvalue weighted by Gasteiger charge is 2.23. The largest absolute Gasteiger partial charge is 0.454 e. The zero-order valence-corrected chi connectivity index (χ0v) is 11.8. The lowest BCUT2D eigenvalue weighted by molar-refractivity contribution is 0.173. The molecule has 0 saturated carbocycles. The Morgan fingerprint density at radius 2 is 2.25 bits per heavy atom. The second kappa shape index (κ2) is 6.00. The van der Waals surface area contributed by atoms with E-state index in [1.807, 2.05) is 32.0 Å². The molecule has 0 bridgehead atoms. The Bertz CT molecular complexity index is 500. The Kier molecular flexibility index (Phi) is 4.34. The van der Waals surface area contributed by atoms with Gasteiger partial charge in [-0.05, 0) is 19.0 Å². The van der Waals surface area contributed by atoms with E-state index in [0.29, 0.717) is 6.54 Å². The van der Waals surface area contributed by atoms with Crippen LogP contribution in [0.1, 0.15) is 25.8 Å². The summed E-state index contributed by atoms with van der Waals surface area (Å²) in [7, 11) is 0. The van der Waals surface area contributed by atoms with E-state index < -0.39 is 0 Å². The number of para-hydroxylation sites is 1. The Morgan fingerprint density at radius 3 is 3.00 bits per heavy atom. The van der Waals surface area contributed by atoms with Crippen molar-refractivity contribution < 1.29 is 14.7 Å². The fourth-order valence-electron chi connectivity index (χ4n) is 2.02. The van der Waals surface area contributed by atoms with E-state index in [4.69, 9.17) is 20.4 Å². The van der Waals surface area contributed by atoms with Crippen molar-refractivity contribution in [1.29, 1.82) is 0 Å². The molecule has 0 radical (unpaired) electrons. The minimum Gasteiger partial charge on any atom is -0.454 e. The van der Waals surface area contributed by atoms with Crippen LogP contribution in [0.25, 0.3) is 0 Å². The van der Waals surface area contributed by atoms with Crippen molar-refractivity contribution in [2.24, 2.45) is 16.3 Å². The average Bonchev–Trinajstić information content (AvgIpc) is 2.91. The molecule has 0 amide bonds. The molecule has 4 N–H and O–H groups in total. The molecule has 2 rings (SSSR count). The summed E-state index contributed by atoms with van der Waals surface area (Å²) in [5.74, 6) is 1.86. The van der Waals surface area contributed by atoms with E-state index in [2.05, 4.69) is 10.5 Å². The number of rotatable bonds is 6. The van der Waals surface area contributed by atoms with Gasteiger partial charge < -0.3 is 25.7 Å². The molecule has 1 aromatic rings. The number of oxime groups is 1. The maximum Gasteiger partial charge on any atom is 0.231 e. The second-order valence-corrected chi connectivity index (χ2v) is 5.45. The first-order valence-electron chi connectivity index (χ1n) is 6.61. The lowest BCUT2D eigenvalue weighted by atomic mass is 9.88. The van der Waals surface area contributed by atoms with Crippen LogP contribution in [0.2, 0.25) is 0 Å². The number of hydrogen-bond acceptors (Lipinski definition) is 5. The minimum absolute atomic E-state index is 0.247. The molecule has 20 heavy (non-hydrogen) atoms. The van der Waals surface area contributed by atoms with Crippen molar-refractivity contribution in [3.8, 4) is 11.5 Å². The van der Waals surface area contributed by atoms with Crippen LogP contribution in [0.5, 0.6) is 11.5 Å². The first-order valence-corrected chi connectivity index (χ1v) is 6.61. The smallest absolute Gasteiger partial charge is 0.231 e. The number of benzene rings is 1. The fourth-order valence-corrected chi connectivity index (χ4v) is 2.02. The summed E-state index contributed by atoms with van der Waals surface area (Å²) in [5, 5.41) is 15.1. The standard InChI is InChI=1S/C14H21N3O3/c1-14(2,13(15)17-18)6-7-16-8-10-4-3-5-11-12(10)20-9-19-11/h3-5,16,18H,6-9H2,1-2H3,(H2,15,17). The van der Waals surface area contributed by atoms with Gasteiger partial charge in [0.15, 0.2) is 11.5 Å². The summed E-state index contributed by atoms with van der Waals surface area (Å²) in [4.78, 5) is 0. The lowest BCUT2D eigenvalue weighted by Gasteiger charge is -2.22. The highest BCUT2D eigenvalue weighted by Crippen LogP contribution is 2.35. The first-order chi connectivity index (χ1) is 9.54. The van der Waals surface area contributed by atoms with Gasteiger partial charge in [-0.2, -0.15) is 0 Å². The maximum atomic E-state index is 8.72. The third kappa shape index (κ3) is 3.14. The van der Waals surface area contributed by atoms with Crippen LogP contribution in [0.3, 0.4) is 0 Å². The SMILES string of the molecule is CC(C)(CCNCc1cccc2c1OCO2)C(N)=NO. The molecule has 0 atom stereocenters. The summed E-state index contributed by atoms with van der Waals surface area (Å²) in [6.07, 6.45) is 0.773. The number of amidine groups is 1. The Balaban J connectivity index is 1.84. The van der Waals surface area contributed by atoms with Crippen molar-refractivity contribution in [2.45, 2.75) is 26.8 Å². The summed E-state index contributed by atoms with van der Waals surface area (Å²) in [6, 6.07) is 5.85. The van der Waals surface area contributed by atoms with Crippen molar-refractivity contribution in [1.82, 2.24) is 5.32 Å². The predicted octanol–water partition coefficient (Wildman–Crippen LogP) is 1.67. The number of fused-ring (bicyclic) bond motifs is 1. The van der Waals surface area contributed by atoms with Crippen molar-refractivity contribution in [3.63, 3.8) is 0 Å². The normalized spacial score (nSPS) is 14.6. The van der Waals surface area contributed by atoms with Crippen molar-refractivity contribution in [2.75, 3.05) is 13.3 Å². The third-order valence-corrected chi connectivity index (χ3v) is 3.52. The molecule has 6 heteroatoms. The topological polar surface area (TPSA) is 89.1 Å². The lowest BCUT2D eigenvalue weighted by Crippen LogP contribution is -2.34. The quantitative estimate of drug-likeness (QED) is 0.242. The van der Waals surface area contributed by atoms with E-state index in [1.54, 1.807) is 0 Å². The van der Waals surface area contributed by atoms with E-state index in [1.165, 1.54) is 0 Å². The minimum atomic E-state index is -0.333. The van der Waals surface area contributed by atoms with Crippen LogP contribution < -0.4 is 20.5 Å². The molecule has 0 aromatic heterocycles. The summed E-state index contributed by atoms with van der Waals surface area (Å²) < 4.78 is 10.8. The van der Waals surface area contributed by atoms with Gasteiger partial charge in [-0.3, -0.25) is 0 Å². The molecule has 1 heterocycles. The van der Waals surface area contributed by atoms with Crippen LogP contribution in [-0.2, 0) is 6.54 Å². The van der Waals surface area contributed by atoms with Crippen LogP contribution >= 0.6 is 0 Å². The highest BCUT2D eigenvalue weighted by atomic mass is 16.7. The van der Waals surface area contributed by atoms with Gasteiger partial charge in [-0.15, -0.1) is 0 Å². The molecule has 6 nitrogen and oxygen atoms in total. The average molecular weight is 279 g/mol. The Labute approximate surface area is 118 Å². The molecule has 0 aliphatic carbocycles. The van der Waals surface area contributed by atoms with Gasteiger partial charge in [-0.25, -0.2) is 0 Å². The Hall–Kier alpha value is -1.95. The zero-order chi connectivity index (χ0) is 14.6. The fraction of sp³-hybridized carbons (Fsp3) is 0.500. The van der Waals surface area contributed by atoms with E-state index in [0.717, 1.165) is 30.0 Å². The maximum absolute atomic E-state index is 8.72. The van der Waals surface area contributed by atoms with Crippen LogP contribution in [0, 0.1) is 5.41 Å². The van der Waals surface area contributed by atoms with Crippen molar-refractivity contribution >= 4 is 5.84 Å². The van der Waals surface area contributed by atoms with Crippen LogP contribution in [-0.4, -0.2) is 24.4 Å². The molecule has 0 spiro atoms. The van der Waals surface area contributed by atoms with Crippen LogP contribution in [0.4, 0.5) is 0 Å². The molecule has 1 aliphatic heterocycles. The molecular weight excluding hydrogens is 258 g/mol. The van der Waals surface area contributed by atoms with Crippen LogP contribution in [0.15, 0.2) is 23.4 Å². The number of nitrogens with zero attached hydrogens (tertiary/aromatic N) is 1. The van der Waals surface area contributed by atoms with E-state index in [-0.39, 0.29) is 18.0 Å². The molecule has 0 unspecified atom stereocenters. The highest BCUT2D eigenvalue weighted by molar-refractivity contribution is 5.85. The van der Waals surface area contributed by atoms with Gasteiger partial charge >= 0.3 is 0 Å². The predicted molar refractivity (Wildman–Crippen MR) is 76.1 cm³/mol. The Morgan fingerprint density at radius 1 is 1.45 bits per heavy atom. The van der Waals surface area contributed by atoms with Gasteiger partial charge in [0, 0.05) is 17.5 Å². The molecular formula is C14H21N3O3. The second-order valence-electron chi connectivity index (χ2n) is 5.45. The van der Waals surface area contributed by atoms with Gasteiger partial charge in [-0.1, -0.05) is 31.1 Å². The third-order valence-electron chi connectivity index (χ3n) is 3.52. The first kappa shape index (κ1) is 14.5. The molecule has 1 aliphatic rings. The van der Waals surface area contributed by atoms with E-state index >= 15 is 0 Å². The zero-order valence-electron chi connectivity index (χ0n) is 11.8. The van der Waals surface area contributed by atoms with Gasteiger partial charge in [0.25, 0.3) is 0 Å². The van der Waals surface area contributed by atoms with Gasteiger partial charge in [0.1, 0.15) is 5.84 Å². The summed E-state index contributed by atoms with van der Waals surface area (Å²) >= 11 is 0. The molecule has 110 valence electrons. The number of nitrogens with two attached hydrogens (primary N) is 1. The molecule has 0 saturated heterocycles. The number of nitrogens with one attached hydrogen (secondary N) is 1. The van der Waals surface area contributed by atoms with Crippen molar-refractivity contribution in [3.05, 3.63) is 23.8 Å². The van der Waals surface area contributed by atoms with Gasteiger partial charge in [0.2, 0.25) is 6.79 Å². The number of ether oxygens (including phenoxy) is 2. The monoisotopic (exact) mass is 279 g/mol. The molecule has 1 aromatic carbocycles.